The molecule has 8 heteroatoms. The molecule has 1 aromatic rings. The number of hydrogen-bond donors (Lipinski definition) is 2. The summed E-state index contributed by atoms with van der Waals surface area (Å²) < 4.78 is 18.2. The molecule has 0 radical (unpaired) electrons. The quantitative estimate of drug-likeness (QED) is 0.764. The molecule has 1 atom stereocenters. The van der Waals surface area contributed by atoms with Crippen molar-refractivity contribution in [1.29, 1.82) is 0 Å². The highest BCUT2D eigenvalue weighted by atomic mass is 19.1. The zero-order valence-corrected chi connectivity index (χ0v) is 13.7. The molecule has 1 saturated heterocycles. The van der Waals surface area contributed by atoms with Gasteiger partial charge in [0.25, 0.3) is 5.91 Å². The molecule has 25 heavy (non-hydrogen) atoms. The molecule has 1 aromatic carbocycles. The topological polar surface area (TPSA) is 95.9 Å². The van der Waals surface area contributed by atoms with Crippen molar-refractivity contribution in [2.75, 3.05) is 26.3 Å². The normalized spacial score (nSPS) is 15.5. The molecule has 136 valence electrons. The van der Waals surface area contributed by atoms with Gasteiger partial charge in [0.15, 0.2) is 0 Å². The van der Waals surface area contributed by atoms with Crippen LogP contribution >= 0.6 is 0 Å². The second-order valence-electron chi connectivity index (χ2n) is 5.76. The summed E-state index contributed by atoms with van der Waals surface area (Å²) in [7, 11) is 0. The van der Waals surface area contributed by atoms with Crippen LogP contribution in [0.25, 0.3) is 0 Å². The number of nitrogens with one attached hydrogen (secondary N) is 1. The molecule has 0 bridgehead atoms. The molecule has 1 aliphatic heterocycles. The number of ether oxygens (including phenoxy) is 1. The molecule has 2 rings (SSSR count). The van der Waals surface area contributed by atoms with Gasteiger partial charge in [0.05, 0.1) is 13.2 Å². The standard InChI is InChI=1S/C17H21FN2O5/c18-13-6-4-12(5-7-13)16(23)19-14(2-1-3-15(21)22)17(24)20-8-10-25-11-9-20/h4-7,14H,1-3,8-11H2,(H,19,23)(H,21,22)/t14-/m0/s1. The molecule has 0 aromatic heterocycles. The highest BCUT2D eigenvalue weighted by Gasteiger charge is 2.27. The van der Waals surface area contributed by atoms with E-state index in [2.05, 4.69) is 5.32 Å². The Kier molecular flexibility index (Phi) is 6.88. The molecular formula is C17H21FN2O5. The van der Waals surface area contributed by atoms with E-state index in [0.717, 1.165) is 12.1 Å². The third kappa shape index (κ3) is 5.82. The summed E-state index contributed by atoms with van der Waals surface area (Å²) in [5.41, 5.74) is 0.236. The lowest BCUT2D eigenvalue weighted by Crippen LogP contribution is -2.51. The lowest BCUT2D eigenvalue weighted by atomic mass is 10.1. The van der Waals surface area contributed by atoms with Gasteiger partial charge >= 0.3 is 5.97 Å². The number of halogens is 1. The van der Waals surface area contributed by atoms with Crippen LogP contribution in [0.5, 0.6) is 0 Å². The van der Waals surface area contributed by atoms with Gasteiger partial charge in [-0.15, -0.1) is 0 Å². The molecule has 0 unspecified atom stereocenters. The molecule has 0 saturated carbocycles. The molecule has 1 heterocycles. The Morgan fingerprint density at radius 1 is 1.20 bits per heavy atom. The summed E-state index contributed by atoms with van der Waals surface area (Å²) in [4.78, 5) is 37.2. The predicted molar refractivity (Wildman–Crippen MR) is 86.5 cm³/mol. The van der Waals surface area contributed by atoms with E-state index < -0.39 is 23.7 Å². The van der Waals surface area contributed by atoms with Gasteiger partial charge in [-0.1, -0.05) is 0 Å². The number of hydrogen-bond acceptors (Lipinski definition) is 4. The first-order valence-electron chi connectivity index (χ1n) is 8.12. The summed E-state index contributed by atoms with van der Waals surface area (Å²) in [6.45, 7) is 1.72. The number of carbonyl (C=O) groups excluding carboxylic acids is 2. The van der Waals surface area contributed by atoms with E-state index in [0.29, 0.717) is 26.3 Å². The number of carbonyl (C=O) groups is 3. The third-order valence-corrected chi connectivity index (χ3v) is 3.92. The first-order valence-corrected chi connectivity index (χ1v) is 8.12. The van der Waals surface area contributed by atoms with Crippen molar-refractivity contribution in [3.63, 3.8) is 0 Å². The van der Waals surface area contributed by atoms with Crippen LogP contribution in [0.2, 0.25) is 0 Å². The van der Waals surface area contributed by atoms with E-state index in [1.807, 2.05) is 0 Å². The van der Waals surface area contributed by atoms with E-state index in [1.54, 1.807) is 4.90 Å². The molecule has 1 fully saturated rings. The SMILES string of the molecule is O=C(O)CCC[C@H](NC(=O)c1ccc(F)cc1)C(=O)N1CCOCC1. The maximum absolute atomic E-state index is 13.0. The van der Waals surface area contributed by atoms with Crippen molar-refractivity contribution in [2.45, 2.75) is 25.3 Å². The fourth-order valence-electron chi connectivity index (χ4n) is 2.56. The van der Waals surface area contributed by atoms with E-state index in [-0.39, 0.29) is 30.7 Å². The Balaban J connectivity index is 2.03. The average Bonchev–Trinajstić information content (AvgIpc) is 2.61. The number of nitrogens with zero attached hydrogens (tertiary/aromatic N) is 1. The molecule has 0 spiro atoms. The minimum atomic E-state index is -0.956. The first kappa shape index (κ1) is 18.9. The van der Waals surface area contributed by atoms with Crippen molar-refractivity contribution in [1.82, 2.24) is 10.2 Å². The summed E-state index contributed by atoms with van der Waals surface area (Å²) in [6.07, 6.45) is 0.397. The molecule has 0 aliphatic carbocycles. The highest BCUT2D eigenvalue weighted by molar-refractivity contribution is 5.97. The minimum Gasteiger partial charge on any atom is -0.481 e. The van der Waals surface area contributed by atoms with Crippen LogP contribution in [0, 0.1) is 5.82 Å². The number of carboxylic acid groups (broad SMARTS) is 1. The molecule has 7 nitrogen and oxygen atoms in total. The van der Waals surface area contributed by atoms with Gasteiger partial charge in [-0.2, -0.15) is 0 Å². The largest absolute Gasteiger partial charge is 0.481 e. The number of rotatable bonds is 7. The lowest BCUT2D eigenvalue weighted by molar-refractivity contribution is -0.139. The highest BCUT2D eigenvalue weighted by Crippen LogP contribution is 2.10. The Bertz CT molecular complexity index is 614. The van der Waals surface area contributed by atoms with Crippen LogP contribution < -0.4 is 5.32 Å². The number of benzene rings is 1. The average molecular weight is 352 g/mol. The molecule has 1 aliphatic rings. The molecule has 2 amide bonds. The van der Waals surface area contributed by atoms with Gasteiger partial charge < -0.3 is 20.1 Å². The van der Waals surface area contributed by atoms with Gasteiger partial charge in [0, 0.05) is 25.1 Å². The smallest absolute Gasteiger partial charge is 0.303 e. The van der Waals surface area contributed by atoms with Crippen LogP contribution in [-0.4, -0.2) is 60.1 Å². The van der Waals surface area contributed by atoms with Gasteiger partial charge in [-0.05, 0) is 37.1 Å². The Labute approximate surface area is 144 Å². The zero-order chi connectivity index (χ0) is 18.2. The summed E-state index contributed by atoms with van der Waals surface area (Å²) in [5.74, 6) is -2.17. The number of amides is 2. The zero-order valence-electron chi connectivity index (χ0n) is 13.7. The number of morpholine rings is 1. The third-order valence-electron chi connectivity index (χ3n) is 3.92. The second-order valence-corrected chi connectivity index (χ2v) is 5.76. The van der Waals surface area contributed by atoms with E-state index in [4.69, 9.17) is 9.84 Å². The first-order chi connectivity index (χ1) is 12.0. The van der Waals surface area contributed by atoms with Crippen molar-refractivity contribution < 1.29 is 28.6 Å². The van der Waals surface area contributed by atoms with Gasteiger partial charge in [0.1, 0.15) is 11.9 Å². The predicted octanol–water partition coefficient (Wildman–Crippen LogP) is 1.04. The monoisotopic (exact) mass is 352 g/mol. The number of aliphatic carboxylic acids is 1. The van der Waals surface area contributed by atoms with Crippen LogP contribution in [0.1, 0.15) is 29.6 Å². The molecule has 2 N–H and O–H groups in total. The fourth-order valence-corrected chi connectivity index (χ4v) is 2.56. The summed E-state index contributed by atoms with van der Waals surface area (Å²) in [5, 5.41) is 11.4. The van der Waals surface area contributed by atoms with Crippen LogP contribution in [0.4, 0.5) is 4.39 Å². The Morgan fingerprint density at radius 3 is 2.44 bits per heavy atom. The van der Waals surface area contributed by atoms with Crippen molar-refractivity contribution >= 4 is 17.8 Å². The van der Waals surface area contributed by atoms with Gasteiger partial charge in [-0.25, -0.2) is 4.39 Å². The molecular weight excluding hydrogens is 331 g/mol. The van der Waals surface area contributed by atoms with E-state index in [9.17, 15) is 18.8 Å². The van der Waals surface area contributed by atoms with E-state index in [1.165, 1.54) is 12.1 Å². The van der Waals surface area contributed by atoms with E-state index >= 15 is 0 Å². The second kappa shape index (κ2) is 9.12. The van der Waals surface area contributed by atoms with Crippen LogP contribution in [0.3, 0.4) is 0 Å². The lowest BCUT2D eigenvalue weighted by Gasteiger charge is -2.30. The summed E-state index contributed by atoms with van der Waals surface area (Å²) in [6, 6.07) is 4.17. The number of carboxylic acids is 1. The van der Waals surface area contributed by atoms with Crippen molar-refractivity contribution in [3.8, 4) is 0 Å². The Hall–Kier alpha value is -2.48. The van der Waals surface area contributed by atoms with Gasteiger partial charge in [-0.3, -0.25) is 14.4 Å². The maximum Gasteiger partial charge on any atom is 0.303 e. The Morgan fingerprint density at radius 2 is 1.84 bits per heavy atom. The van der Waals surface area contributed by atoms with Crippen molar-refractivity contribution in [2.24, 2.45) is 0 Å². The van der Waals surface area contributed by atoms with Crippen LogP contribution in [0.15, 0.2) is 24.3 Å². The fraction of sp³-hybridized carbons (Fsp3) is 0.471. The minimum absolute atomic E-state index is 0.0840. The van der Waals surface area contributed by atoms with Crippen LogP contribution in [-0.2, 0) is 14.3 Å². The summed E-state index contributed by atoms with van der Waals surface area (Å²) >= 11 is 0. The maximum atomic E-state index is 13.0. The van der Waals surface area contributed by atoms with Gasteiger partial charge in [0.2, 0.25) is 5.91 Å². The van der Waals surface area contributed by atoms with Crippen molar-refractivity contribution in [3.05, 3.63) is 35.6 Å².